The maximum atomic E-state index is 11.8. The van der Waals surface area contributed by atoms with Crippen LogP contribution in [0.2, 0.25) is 0 Å². The first-order valence-corrected chi connectivity index (χ1v) is 5.58. The highest BCUT2D eigenvalue weighted by Gasteiger charge is 2.16. The molecule has 0 aliphatic carbocycles. The molecule has 0 unspecified atom stereocenters. The number of carbonyl (C=O) groups excluding carboxylic acids is 1. The Hall–Kier alpha value is -2.15. The van der Waals surface area contributed by atoms with Gasteiger partial charge in [-0.05, 0) is 18.2 Å². The molecule has 0 bridgehead atoms. The number of ether oxygens (including phenoxy) is 2. The zero-order valence-corrected chi connectivity index (χ0v) is 9.36. The van der Waals surface area contributed by atoms with Crippen molar-refractivity contribution in [3.63, 3.8) is 0 Å². The zero-order valence-electron chi connectivity index (χ0n) is 8.54. The third kappa shape index (κ3) is 1.92. The molecule has 1 amide bonds. The van der Waals surface area contributed by atoms with Crippen molar-refractivity contribution < 1.29 is 14.3 Å². The second-order valence-electron chi connectivity index (χ2n) is 3.27. The lowest BCUT2D eigenvalue weighted by molar-refractivity contribution is 0.102. The minimum Gasteiger partial charge on any atom is -0.454 e. The lowest BCUT2D eigenvalue weighted by Crippen LogP contribution is -2.11. The fourth-order valence-corrected chi connectivity index (χ4v) is 1.86. The summed E-state index contributed by atoms with van der Waals surface area (Å²) in [6.45, 7) is 0.191. The molecule has 0 radical (unpaired) electrons. The second-order valence-corrected chi connectivity index (χ2v) is 4.05. The van der Waals surface area contributed by atoms with E-state index < -0.39 is 0 Å². The van der Waals surface area contributed by atoms with Crippen LogP contribution in [0.4, 0.5) is 5.13 Å². The van der Waals surface area contributed by atoms with Gasteiger partial charge in [-0.1, -0.05) is 0 Å². The van der Waals surface area contributed by atoms with E-state index in [9.17, 15) is 4.79 Å². The van der Waals surface area contributed by atoms with Gasteiger partial charge in [-0.3, -0.25) is 10.1 Å². The smallest absolute Gasteiger partial charge is 0.257 e. The molecule has 0 spiro atoms. The minimum atomic E-state index is -0.250. The molecule has 7 heteroatoms. The Balaban J connectivity index is 1.82. The summed E-state index contributed by atoms with van der Waals surface area (Å²) in [5.74, 6) is 0.979. The zero-order chi connectivity index (χ0) is 11.7. The molecule has 2 heterocycles. The Bertz CT molecular complexity index is 556. The number of nitrogens with one attached hydrogen (secondary N) is 1. The van der Waals surface area contributed by atoms with Crippen LogP contribution in [-0.4, -0.2) is 22.1 Å². The number of anilines is 1. The van der Waals surface area contributed by atoms with Gasteiger partial charge in [0.2, 0.25) is 11.9 Å². The van der Waals surface area contributed by atoms with Crippen LogP contribution < -0.4 is 14.8 Å². The average molecular weight is 249 g/mol. The van der Waals surface area contributed by atoms with Crippen LogP contribution in [0.5, 0.6) is 11.5 Å². The lowest BCUT2D eigenvalue weighted by atomic mass is 10.2. The van der Waals surface area contributed by atoms with Gasteiger partial charge in [0.05, 0.1) is 0 Å². The highest BCUT2D eigenvalue weighted by atomic mass is 32.1. The molecule has 0 saturated heterocycles. The van der Waals surface area contributed by atoms with E-state index in [2.05, 4.69) is 14.7 Å². The maximum absolute atomic E-state index is 11.8. The van der Waals surface area contributed by atoms with Crippen molar-refractivity contribution in [3.05, 3.63) is 30.1 Å². The van der Waals surface area contributed by atoms with Gasteiger partial charge in [-0.2, -0.15) is 4.37 Å². The van der Waals surface area contributed by atoms with Gasteiger partial charge in [0.25, 0.3) is 5.91 Å². The Morgan fingerprint density at radius 3 is 3.06 bits per heavy atom. The van der Waals surface area contributed by atoms with Crippen molar-refractivity contribution >= 4 is 22.6 Å². The van der Waals surface area contributed by atoms with Gasteiger partial charge >= 0.3 is 0 Å². The molecule has 17 heavy (non-hydrogen) atoms. The fourth-order valence-electron chi connectivity index (χ4n) is 1.44. The molecule has 86 valence electrons. The van der Waals surface area contributed by atoms with Crippen molar-refractivity contribution in [2.24, 2.45) is 0 Å². The Morgan fingerprint density at radius 2 is 2.24 bits per heavy atom. The van der Waals surface area contributed by atoms with Crippen LogP contribution in [-0.2, 0) is 0 Å². The van der Waals surface area contributed by atoms with E-state index in [1.807, 2.05) is 0 Å². The van der Waals surface area contributed by atoms with E-state index in [1.54, 1.807) is 18.2 Å². The molecule has 1 N–H and O–H groups in total. The summed E-state index contributed by atoms with van der Waals surface area (Å²) >= 11 is 1.12. The Morgan fingerprint density at radius 1 is 1.35 bits per heavy atom. The molecule has 0 atom stereocenters. The highest BCUT2D eigenvalue weighted by Crippen LogP contribution is 2.32. The van der Waals surface area contributed by atoms with E-state index in [0.29, 0.717) is 22.2 Å². The largest absolute Gasteiger partial charge is 0.454 e. The molecule has 1 aliphatic heterocycles. The molecular formula is C10H7N3O3S. The summed E-state index contributed by atoms with van der Waals surface area (Å²) < 4.78 is 14.2. The van der Waals surface area contributed by atoms with E-state index in [4.69, 9.17) is 9.47 Å². The number of benzene rings is 1. The number of fused-ring (bicyclic) bond motifs is 1. The summed E-state index contributed by atoms with van der Waals surface area (Å²) in [6, 6.07) is 5.01. The van der Waals surface area contributed by atoms with Crippen molar-refractivity contribution in [2.45, 2.75) is 0 Å². The topological polar surface area (TPSA) is 73.3 Å². The molecule has 1 aromatic heterocycles. The van der Waals surface area contributed by atoms with Crippen molar-refractivity contribution in [3.8, 4) is 11.5 Å². The number of carbonyl (C=O) groups is 1. The van der Waals surface area contributed by atoms with Gasteiger partial charge < -0.3 is 9.47 Å². The van der Waals surface area contributed by atoms with Gasteiger partial charge in [-0.15, -0.1) is 0 Å². The van der Waals surface area contributed by atoms with Gasteiger partial charge in [0.15, 0.2) is 11.5 Å². The van der Waals surface area contributed by atoms with Gasteiger partial charge in [-0.25, -0.2) is 4.98 Å². The first-order valence-electron chi connectivity index (χ1n) is 4.80. The van der Waals surface area contributed by atoms with Crippen LogP contribution in [0.15, 0.2) is 24.5 Å². The summed E-state index contributed by atoms with van der Waals surface area (Å²) in [4.78, 5) is 15.7. The van der Waals surface area contributed by atoms with E-state index in [0.717, 1.165) is 11.5 Å². The van der Waals surface area contributed by atoms with E-state index in [-0.39, 0.29) is 12.7 Å². The van der Waals surface area contributed by atoms with Crippen molar-refractivity contribution in [1.82, 2.24) is 9.36 Å². The predicted molar refractivity (Wildman–Crippen MR) is 60.4 cm³/mol. The summed E-state index contributed by atoms with van der Waals surface area (Å²) in [5, 5.41) is 3.10. The standard InChI is InChI=1S/C10H7N3O3S/c14-9(13-10-11-4-12-17-10)6-1-2-7-8(3-6)16-5-15-7/h1-4H,5H2,(H,11,12,13,14). The summed E-state index contributed by atoms with van der Waals surface area (Å²) in [6.07, 6.45) is 1.39. The normalized spacial score (nSPS) is 12.5. The number of nitrogens with zero attached hydrogens (tertiary/aromatic N) is 2. The van der Waals surface area contributed by atoms with Gasteiger partial charge in [0, 0.05) is 17.1 Å². The van der Waals surface area contributed by atoms with Crippen molar-refractivity contribution in [2.75, 3.05) is 12.1 Å². The third-order valence-corrected chi connectivity index (χ3v) is 2.80. The van der Waals surface area contributed by atoms with Crippen LogP contribution >= 0.6 is 11.5 Å². The van der Waals surface area contributed by atoms with E-state index in [1.165, 1.54) is 6.33 Å². The summed E-state index contributed by atoms with van der Waals surface area (Å²) in [5.41, 5.74) is 0.490. The minimum absolute atomic E-state index is 0.191. The highest BCUT2D eigenvalue weighted by molar-refractivity contribution is 7.09. The monoisotopic (exact) mass is 249 g/mol. The van der Waals surface area contributed by atoms with Crippen LogP contribution in [0.25, 0.3) is 0 Å². The SMILES string of the molecule is O=C(Nc1ncns1)c1ccc2c(c1)OCO2. The van der Waals surface area contributed by atoms with Crippen LogP contribution in [0.1, 0.15) is 10.4 Å². The number of aromatic nitrogens is 2. The molecule has 1 aliphatic rings. The molecule has 2 aromatic rings. The first kappa shape index (κ1) is 10.0. The van der Waals surface area contributed by atoms with Crippen LogP contribution in [0.3, 0.4) is 0 Å². The molecular weight excluding hydrogens is 242 g/mol. The molecule has 0 saturated carbocycles. The van der Waals surface area contributed by atoms with E-state index >= 15 is 0 Å². The number of hydrogen-bond acceptors (Lipinski definition) is 6. The van der Waals surface area contributed by atoms with Gasteiger partial charge in [0.1, 0.15) is 6.33 Å². The Kier molecular flexibility index (Phi) is 2.37. The second kappa shape index (κ2) is 4.02. The van der Waals surface area contributed by atoms with Crippen molar-refractivity contribution in [1.29, 1.82) is 0 Å². The number of rotatable bonds is 2. The van der Waals surface area contributed by atoms with Crippen LogP contribution in [0, 0.1) is 0 Å². The fraction of sp³-hybridized carbons (Fsp3) is 0.100. The number of amides is 1. The molecule has 3 rings (SSSR count). The quantitative estimate of drug-likeness (QED) is 0.873. The predicted octanol–water partition coefficient (Wildman–Crippen LogP) is 1.52. The lowest BCUT2D eigenvalue weighted by Gasteiger charge is -2.02. The first-order chi connectivity index (χ1) is 8.33. The average Bonchev–Trinajstić information content (AvgIpc) is 2.97. The Labute approximate surface area is 100 Å². The maximum Gasteiger partial charge on any atom is 0.257 e. The molecule has 1 aromatic carbocycles. The third-order valence-electron chi connectivity index (χ3n) is 2.22. The molecule has 0 fully saturated rings. The molecule has 6 nitrogen and oxygen atoms in total. The summed E-state index contributed by atoms with van der Waals surface area (Å²) in [7, 11) is 0. The number of hydrogen-bond donors (Lipinski definition) is 1.